The summed E-state index contributed by atoms with van der Waals surface area (Å²) in [5.74, 6) is 1.61. The second kappa shape index (κ2) is 6.65. The number of ether oxygens (including phenoxy) is 2. The van der Waals surface area contributed by atoms with Gasteiger partial charge in [-0.3, -0.25) is 4.98 Å². The summed E-state index contributed by atoms with van der Waals surface area (Å²) in [5, 5.41) is 7.16. The quantitative estimate of drug-likeness (QED) is 0.829. The van der Waals surface area contributed by atoms with Gasteiger partial charge in [-0.25, -0.2) is 0 Å². The van der Waals surface area contributed by atoms with Crippen LogP contribution in [0.15, 0.2) is 42.7 Å². The molecule has 0 spiro atoms. The molecule has 0 bridgehead atoms. The molecule has 1 atom stereocenters. The first-order valence-electron chi connectivity index (χ1n) is 7.81. The van der Waals surface area contributed by atoms with E-state index in [9.17, 15) is 0 Å². The second-order valence-electron chi connectivity index (χ2n) is 6.36. The summed E-state index contributed by atoms with van der Waals surface area (Å²) in [7, 11) is 1.65. The van der Waals surface area contributed by atoms with Crippen LogP contribution in [0.5, 0.6) is 11.5 Å². The Hall–Kier alpha value is -2.34. The predicted molar refractivity (Wildman–Crippen MR) is 98.7 cm³/mol. The maximum atomic E-state index is 6.10. The van der Waals surface area contributed by atoms with Crippen LogP contribution in [0.3, 0.4) is 0 Å². The molecule has 1 unspecified atom stereocenters. The average Bonchev–Trinajstić information content (AvgIpc) is 2.54. The van der Waals surface area contributed by atoms with Crippen LogP contribution in [-0.4, -0.2) is 22.8 Å². The van der Waals surface area contributed by atoms with Crippen molar-refractivity contribution in [3.05, 3.63) is 48.3 Å². The highest BCUT2D eigenvalue weighted by Crippen LogP contribution is 2.41. The Morgan fingerprint density at radius 2 is 2.04 bits per heavy atom. The van der Waals surface area contributed by atoms with Crippen LogP contribution in [0.2, 0.25) is 0 Å². The van der Waals surface area contributed by atoms with Crippen molar-refractivity contribution in [2.24, 2.45) is 0 Å². The van der Waals surface area contributed by atoms with Crippen molar-refractivity contribution in [2.45, 2.75) is 31.9 Å². The van der Waals surface area contributed by atoms with Crippen molar-refractivity contribution < 1.29 is 9.47 Å². The Morgan fingerprint density at radius 3 is 2.75 bits per heavy atom. The molecule has 0 saturated carbocycles. The molecule has 1 aromatic carbocycles. The zero-order chi connectivity index (χ0) is 17.2. The Morgan fingerprint density at radius 1 is 1.29 bits per heavy atom. The Bertz CT molecular complexity index is 734. The predicted octanol–water partition coefficient (Wildman–Crippen LogP) is 3.68. The van der Waals surface area contributed by atoms with Gasteiger partial charge in [0.25, 0.3) is 0 Å². The van der Waals surface area contributed by atoms with Gasteiger partial charge in [-0.15, -0.1) is 0 Å². The average molecular weight is 343 g/mol. The minimum atomic E-state index is -0.288. The van der Waals surface area contributed by atoms with Gasteiger partial charge < -0.3 is 20.1 Å². The van der Waals surface area contributed by atoms with Crippen LogP contribution in [0.4, 0.5) is 5.69 Å². The Labute approximate surface area is 147 Å². The van der Waals surface area contributed by atoms with Crippen LogP contribution < -0.4 is 20.1 Å². The van der Waals surface area contributed by atoms with E-state index in [1.54, 1.807) is 19.5 Å². The molecule has 126 valence electrons. The summed E-state index contributed by atoms with van der Waals surface area (Å²) in [6.45, 7) is 4.15. The van der Waals surface area contributed by atoms with E-state index < -0.39 is 0 Å². The molecular weight excluding hydrogens is 322 g/mol. The molecule has 1 aliphatic heterocycles. The number of thiocarbonyl (C=S) groups is 1. The van der Waals surface area contributed by atoms with Crippen LogP contribution >= 0.6 is 12.2 Å². The zero-order valence-corrected chi connectivity index (χ0v) is 14.8. The molecule has 5 nitrogen and oxygen atoms in total. The number of aromatic nitrogens is 1. The highest BCUT2D eigenvalue weighted by molar-refractivity contribution is 7.80. The summed E-state index contributed by atoms with van der Waals surface area (Å²) in [6.07, 6.45) is 4.26. The number of pyridine rings is 1. The van der Waals surface area contributed by atoms with E-state index in [1.807, 2.05) is 30.3 Å². The standard InChI is InChI=1S/C18H21N3O2S/c1-18(2)11-15(14-5-4-13(22-3)10-16(14)23-18)21-17(24)20-12-6-8-19-9-7-12/h4-10,15H,11H2,1-3H3,(H2,19,20,21,24). The molecule has 3 rings (SSSR count). The van der Waals surface area contributed by atoms with E-state index in [4.69, 9.17) is 21.7 Å². The summed E-state index contributed by atoms with van der Waals surface area (Å²) >= 11 is 5.46. The van der Waals surface area contributed by atoms with Gasteiger partial charge >= 0.3 is 0 Å². The number of hydrogen-bond acceptors (Lipinski definition) is 4. The summed E-state index contributed by atoms with van der Waals surface area (Å²) in [6, 6.07) is 9.70. The molecule has 6 heteroatoms. The van der Waals surface area contributed by atoms with Crippen LogP contribution in [0, 0.1) is 0 Å². The first-order chi connectivity index (χ1) is 11.5. The number of nitrogens with zero attached hydrogens (tertiary/aromatic N) is 1. The molecule has 0 amide bonds. The highest BCUT2D eigenvalue weighted by atomic mass is 32.1. The van der Waals surface area contributed by atoms with Crippen molar-refractivity contribution in [1.29, 1.82) is 0 Å². The van der Waals surface area contributed by atoms with Gasteiger partial charge in [-0.2, -0.15) is 0 Å². The van der Waals surface area contributed by atoms with Gasteiger partial charge in [0, 0.05) is 36.1 Å². The van der Waals surface area contributed by atoms with Crippen LogP contribution in [-0.2, 0) is 0 Å². The van der Waals surface area contributed by atoms with Crippen molar-refractivity contribution in [3.63, 3.8) is 0 Å². The molecule has 1 aliphatic rings. The maximum Gasteiger partial charge on any atom is 0.171 e. The zero-order valence-electron chi connectivity index (χ0n) is 14.0. The summed E-state index contributed by atoms with van der Waals surface area (Å²) < 4.78 is 11.4. The van der Waals surface area contributed by atoms with Gasteiger partial charge in [0.15, 0.2) is 5.11 Å². The first kappa shape index (κ1) is 16.5. The topological polar surface area (TPSA) is 55.4 Å². The van der Waals surface area contributed by atoms with Crippen molar-refractivity contribution in [2.75, 3.05) is 12.4 Å². The number of anilines is 1. The molecular formula is C18H21N3O2S. The molecule has 1 aromatic heterocycles. The molecule has 24 heavy (non-hydrogen) atoms. The lowest BCUT2D eigenvalue weighted by molar-refractivity contribution is 0.0693. The monoisotopic (exact) mass is 343 g/mol. The number of rotatable bonds is 3. The van der Waals surface area contributed by atoms with E-state index in [0.29, 0.717) is 5.11 Å². The van der Waals surface area contributed by atoms with Crippen molar-refractivity contribution in [1.82, 2.24) is 10.3 Å². The summed E-state index contributed by atoms with van der Waals surface area (Å²) in [4.78, 5) is 4.00. The number of hydrogen-bond donors (Lipinski definition) is 2. The fraction of sp³-hybridized carbons (Fsp3) is 0.333. The molecule has 2 aromatic rings. The highest BCUT2D eigenvalue weighted by Gasteiger charge is 2.34. The van der Waals surface area contributed by atoms with Gasteiger partial charge in [0.1, 0.15) is 17.1 Å². The van der Waals surface area contributed by atoms with Crippen LogP contribution in [0.25, 0.3) is 0 Å². The number of nitrogens with one attached hydrogen (secondary N) is 2. The van der Waals surface area contributed by atoms with E-state index in [2.05, 4.69) is 29.5 Å². The number of benzene rings is 1. The minimum Gasteiger partial charge on any atom is -0.497 e. The summed E-state index contributed by atoms with van der Waals surface area (Å²) in [5.41, 5.74) is 1.70. The van der Waals surface area contributed by atoms with Gasteiger partial charge in [-0.1, -0.05) is 0 Å². The van der Waals surface area contributed by atoms with Crippen molar-refractivity contribution >= 4 is 23.0 Å². The fourth-order valence-corrected chi connectivity index (χ4v) is 3.11. The van der Waals surface area contributed by atoms with Crippen molar-refractivity contribution in [3.8, 4) is 11.5 Å². The second-order valence-corrected chi connectivity index (χ2v) is 6.76. The van der Waals surface area contributed by atoms with E-state index in [0.717, 1.165) is 29.2 Å². The van der Waals surface area contributed by atoms with Gasteiger partial charge in [-0.05, 0) is 50.3 Å². The lowest BCUT2D eigenvalue weighted by atomic mass is 9.89. The van der Waals surface area contributed by atoms with E-state index in [-0.39, 0.29) is 11.6 Å². The molecule has 0 aliphatic carbocycles. The van der Waals surface area contributed by atoms with Crippen LogP contribution in [0.1, 0.15) is 31.9 Å². The smallest absolute Gasteiger partial charge is 0.171 e. The van der Waals surface area contributed by atoms with Gasteiger partial charge in [0.05, 0.1) is 13.2 Å². The van der Waals surface area contributed by atoms with E-state index in [1.165, 1.54) is 0 Å². The third kappa shape index (κ3) is 3.76. The molecule has 2 heterocycles. The Kier molecular flexibility index (Phi) is 4.57. The molecule has 0 radical (unpaired) electrons. The minimum absolute atomic E-state index is 0.0662. The van der Waals surface area contributed by atoms with Gasteiger partial charge in [0.2, 0.25) is 0 Å². The molecule has 2 N–H and O–H groups in total. The third-order valence-electron chi connectivity index (χ3n) is 3.92. The largest absolute Gasteiger partial charge is 0.497 e. The number of fused-ring (bicyclic) bond motifs is 1. The van der Waals surface area contributed by atoms with E-state index >= 15 is 0 Å². The molecule has 0 fully saturated rings. The maximum absolute atomic E-state index is 6.10. The SMILES string of the molecule is COc1ccc2c(c1)OC(C)(C)CC2NC(=S)Nc1ccncc1. The third-order valence-corrected chi connectivity index (χ3v) is 4.14. The number of methoxy groups -OCH3 is 1. The lowest BCUT2D eigenvalue weighted by Gasteiger charge is -2.38. The fourth-order valence-electron chi connectivity index (χ4n) is 2.85. The first-order valence-corrected chi connectivity index (χ1v) is 8.22. The Balaban J connectivity index is 1.79. The normalized spacial score (nSPS) is 18.0. The lowest BCUT2D eigenvalue weighted by Crippen LogP contribution is -2.42. The molecule has 0 saturated heterocycles.